The molecule has 0 saturated heterocycles. The molecule has 0 aromatic heterocycles. The van der Waals surface area contributed by atoms with Gasteiger partial charge in [-0.15, -0.1) is 0 Å². The fraction of sp³-hybridized carbons (Fsp3) is 0.333. The molecule has 5 nitrogen and oxygen atoms in total. The molecule has 0 aliphatic carbocycles. The van der Waals surface area contributed by atoms with Crippen molar-refractivity contribution in [2.75, 3.05) is 0 Å². The third-order valence-corrected chi connectivity index (χ3v) is 0.929. The van der Waals surface area contributed by atoms with Gasteiger partial charge in [0, 0.05) is 54.7 Å². The molecule has 0 rings (SSSR count). The molecule has 0 unspecified atom stereocenters. The molecule has 0 bridgehead atoms. The van der Waals surface area contributed by atoms with Crippen molar-refractivity contribution in [2.45, 2.75) is 13.8 Å². The molecule has 0 heterocycles. The van der Waals surface area contributed by atoms with E-state index in [9.17, 15) is 14.4 Å². The van der Waals surface area contributed by atoms with Crippen LogP contribution in [0.2, 0.25) is 0 Å². The summed E-state index contributed by atoms with van der Waals surface area (Å²) in [7, 11) is 0. The summed E-state index contributed by atoms with van der Waals surface area (Å²) in [6.45, 7) is 2.08. The minimum absolute atomic E-state index is 0. The monoisotopic (exact) mass is 296 g/mol. The van der Waals surface area contributed by atoms with Crippen LogP contribution in [0.3, 0.4) is 0 Å². The van der Waals surface area contributed by atoms with E-state index in [2.05, 4.69) is 0 Å². The summed E-state index contributed by atoms with van der Waals surface area (Å²) in [5, 5.41) is 8.06. The standard InChI is InChI=1S/C6H6N2O3.Nd/c1-4(9)8(5(2)10)6(11)3-7;/h1-2H3;. The van der Waals surface area contributed by atoms with E-state index in [-0.39, 0.29) is 45.7 Å². The van der Waals surface area contributed by atoms with Crippen molar-refractivity contribution >= 4 is 17.7 Å². The Morgan fingerprint density at radius 2 is 1.50 bits per heavy atom. The largest absolute Gasteiger partial charge is 0.338 e. The molecule has 12 heavy (non-hydrogen) atoms. The maximum Gasteiger partial charge on any atom is 0.338 e. The van der Waals surface area contributed by atoms with E-state index in [1.54, 1.807) is 0 Å². The third-order valence-electron chi connectivity index (χ3n) is 0.929. The van der Waals surface area contributed by atoms with Gasteiger partial charge in [0.05, 0.1) is 0 Å². The van der Waals surface area contributed by atoms with Crippen LogP contribution in [0.5, 0.6) is 0 Å². The first-order valence-electron chi connectivity index (χ1n) is 2.76. The average molecular weight is 298 g/mol. The van der Waals surface area contributed by atoms with Crippen molar-refractivity contribution in [3.63, 3.8) is 0 Å². The Labute approximate surface area is 102 Å². The van der Waals surface area contributed by atoms with Gasteiger partial charge in [-0.05, 0) is 0 Å². The van der Waals surface area contributed by atoms with Gasteiger partial charge in [-0.2, -0.15) is 5.26 Å². The van der Waals surface area contributed by atoms with Crippen LogP contribution < -0.4 is 0 Å². The number of carbonyl (C=O) groups is 3. The van der Waals surface area contributed by atoms with E-state index in [0.717, 1.165) is 13.8 Å². The number of hydrogen-bond donors (Lipinski definition) is 0. The fourth-order valence-corrected chi connectivity index (χ4v) is 0.558. The molecule has 0 saturated carbocycles. The van der Waals surface area contributed by atoms with Crippen LogP contribution in [0.1, 0.15) is 13.8 Å². The topological polar surface area (TPSA) is 78.2 Å². The van der Waals surface area contributed by atoms with Crippen molar-refractivity contribution in [1.29, 1.82) is 5.26 Å². The van der Waals surface area contributed by atoms with Gasteiger partial charge in [0.1, 0.15) is 0 Å². The first-order chi connectivity index (χ1) is 5.00. The second kappa shape index (κ2) is 6.20. The van der Waals surface area contributed by atoms with Gasteiger partial charge in [0.2, 0.25) is 11.8 Å². The van der Waals surface area contributed by atoms with Gasteiger partial charge in [0.15, 0.2) is 6.07 Å². The molecule has 0 spiro atoms. The molecule has 0 aromatic carbocycles. The first-order valence-corrected chi connectivity index (χ1v) is 2.76. The van der Waals surface area contributed by atoms with Gasteiger partial charge >= 0.3 is 5.91 Å². The number of hydrogen-bond acceptors (Lipinski definition) is 4. The summed E-state index contributed by atoms with van der Waals surface area (Å²) >= 11 is 0. The second-order valence-electron chi connectivity index (χ2n) is 1.79. The van der Waals surface area contributed by atoms with Crippen LogP contribution in [0.25, 0.3) is 0 Å². The molecule has 0 aliphatic heterocycles. The Bertz CT molecular complexity index is 242. The van der Waals surface area contributed by atoms with E-state index in [1.165, 1.54) is 6.07 Å². The molecule has 0 aliphatic rings. The van der Waals surface area contributed by atoms with Crippen molar-refractivity contribution in [3.8, 4) is 6.07 Å². The molecule has 0 radical (unpaired) electrons. The summed E-state index contributed by atoms with van der Waals surface area (Å²) in [5.74, 6) is -2.64. The normalized spacial score (nSPS) is 7.42. The molecule has 6 heteroatoms. The minimum Gasteiger partial charge on any atom is -0.274 e. The average Bonchev–Trinajstić information content (AvgIpc) is 1.85. The van der Waals surface area contributed by atoms with Crippen LogP contribution in [-0.2, 0) is 14.4 Å². The fourth-order valence-electron chi connectivity index (χ4n) is 0.558. The summed E-state index contributed by atoms with van der Waals surface area (Å²) in [4.78, 5) is 31.8. The molecular weight excluding hydrogens is 292 g/mol. The summed E-state index contributed by atoms with van der Waals surface area (Å²) in [6.07, 6.45) is 0. The van der Waals surface area contributed by atoms with Gasteiger partial charge in [-0.1, -0.05) is 0 Å². The predicted octanol–water partition coefficient (Wildman–Crippen LogP) is -0.568. The maximum atomic E-state index is 10.5. The zero-order valence-electron chi connectivity index (χ0n) is 6.62. The van der Waals surface area contributed by atoms with Gasteiger partial charge in [-0.3, -0.25) is 14.4 Å². The van der Waals surface area contributed by atoms with Crippen molar-refractivity contribution in [2.24, 2.45) is 0 Å². The zero-order chi connectivity index (χ0) is 9.02. The number of imide groups is 3. The van der Waals surface area contributed by atoms with Crippen LogP contribution >= 0.6 is 0 Å². The smallest absolute Gasteiger partial charge is 0.274 e. The van der Waals surface area contributed by atoms with Crippen LogP contribution in [0.4, 0.5) is 0 Å². The predicted molar refractivity (Wildman–Crippen MR) is 33.8 cm³/mol. The maximum absolute atomic E-state index is 10.5. The van der Waals surface area contributed by atoms with Gasteiger partial charge in [-0.25, -0.2) is 4.90 Å². The van der Waals surface area contributed by atoms with Crippen LogP contribution in [0, 0.1) is 52.2 Å². The summed E-state index contributed by atoms with van der Waals surface area (Å²) in [5.41, 5.74) is 0. The Morgan fingerprint density at radius 1 is 1.17 bits per heavy atom. The Morgan fingerprint density at radius 3 is 1.58 bits per heavy atom. The van der Waals surface area contributed by atoms with E-state index >= 15 is 0 Å². The molecule has 62 valence electrons. The number of carbonyl (C=O) groups excluding carboxylic acids is 3. The van der Waals surface area contributed by atoms with E-state index in [4.69, 9.17) is 5.26 Å². The molecule has 0 aromatic rings. The second-order valence-corrected chi connectivity index (χ2v) is 1.79. The van der Waals surface area contributed by atoms with E-state index in [1.807, 2.05) is 0 Å². The van der Waals surface area contributed by atoms with Crippen LogP contribution in [0.15, 0.2) is 0 Å². The summed E-state index contributed by atoms with van der Waals surface area (Å²) in [6, 6.07) is 1.17. The number of amides is 3. The number of nitrogens with zero attached hydrogens (tertiary/aromatic N) is 2. The van der Waals surface area contributed by atoms with Crippen molar-refractivity contribution in [1.82, 2.24) is 4.90 Å². The first kappa shape index (κ1) is 14.2. The Balaban J connectivity index is 0. The molecule has 0 fully saturated rings. The minimum atomic E-state index is -1.15. The quantitative estimate of drug-likeness (QED) is 0.561. The Hall–Kier alpha value is -0.349. The molecule has 0 atom stereocenters. The number of nitriles is 1. The molecular formula is C6H6N2NdO3. The third kappa shape index (κ3) is 3.88. The summed E-state index contributed by atoms with van der Waals surface area (Å²) < 4.78 is 0. The van der Waals surface area contributed by atoms with Gasteiger partial charge < -0.3 is 0 Å². The van der Waals surface area contributed by atoms with E-state index < -0.39 is 17.7 Å². The van der Waals surface area contributed by atoms with Crippen molar-refractivity contribution in [3.05, 3.63) is 0 Å². The number of rotatable bonds is 0. The van der Waals surface area contributed by atoms with Gasteiger partial charge in [0.25, 0.3) is 0 Å². The van der Waals surface area contributed by atoms with E-state index in [0.29, 0.717) is 0 Å². The molecule has 0 N–H and O–H groups in total. The molecule has 3 amide bonds. The van der Waals surface area contributed by atoms with Crippen molar-refractivity contribution < 1.29 is 55.2 Å². The zero-order valence-corrected chi connectivity index (χ0v) is 9.83. The Kier molecular flexibility index (Phi) is 7.33. The SMILES string of the molecule is CC(=O)N(C(C)=O)C(=O)C#N.[Nd]. The van der Waals surface area contributed by atoms with Crippen LogP contribution in [-0.4, -0.2) is 22.6 Å².